The Morgan fingerprint density at radius 1 is 1.35 bits per heavy atom. The Hall–Kier alpha value is -1.56. The fourth-order valence-electron chi connectivity index (χ4n) is 2.29. The summed E-state index contributed by atoms with van der Waals surface area (Å²) in [6, 6.07) is 0. The van der Waals surface area contributed by atoms with E-state index in [-0.39, 0.29) is 6.10 Å². The molecule has 3 N–H and O–H groups in total. The summed E-state index contributed by atoms with van der Waals surface area (Å²) in [6.07, 6.45) is 6.85. The lowest BCUT2D eigenvalue weighted by Gasteiger charge is -2.15. The van der Waals surface area contributed by atoms with Crippen LogP contribution in [0, 0.1) is 0 Å². The third kappa shape index (κ3) is 4.23. The Morgan fingerprint density at radius 2 is 2.10 bits per heavy atom. The van der Waals surface area contributed by atoms with E-state index >= 15 is 0 Å². The number of nitrogens with one attached hydrogen (secondary N) is 1. The number of nitrogen functional groups attached to an aromatic ring is 1. The van der Waals surface area contributed by atoms with E-state index < -0.39 is 0 Å². The van der Waals surface area contributed by atoms with Crippen molar-refractivity contribution < 1.29 is 9.47 Å². The van der Waals surface area contributed by atoms with Crippen LogP contribution in [0.3, 0.4) is 0 Å². The summed E-state index contributed by atoms with van der Waals surface area (Å²) in [6.45, 7) is 5.21. The molecule has 1 aromatic heterocycles. The zero-order valence-corrected chi connectivity index (χ0v) is 12.3. The molecule has 2 rings (SSSR count). The second kappa shape index (κ2) is 7.28. The van der Waals surface area contributed by atoms with Gasteiger partial charge in [-0.05, 0) is 26.7 Å². The van der Waals surface area contributed by atoms with Crippen LogP contribution in [0.15, 0.2) is 6.33 Å². The summed E-state index contributed by atoms with van der Waals surface area (Å²) in [4.78, 5) is 8.17. The normalized spacial score (nSPS) is 15.8. The van der Waals surface area contributed by atoms with Gasteiger partial charge in [-0.1, -0.05) is 12.8 Å². The fraction of sp³-hybridized carbons (Fsp3) is 0.714. The van der Waals surface area contributed by atoms with Crippen molar-refractivity contribution in [1.82, 2.24) is 9.97 Å². The molecule has 0 aromatic carbocycles. The van der Waals surface area contributed by atoms with Crippen molar-refractivity contribution in [3.63, 3.8) is 0 Å². The first-order valence-corrected chi connectivity index (χ1v) is 7.29. The highest BCUT2D eigenvalue weighted by molar-refractivity contribution is 5.66. The van der Waals surface area contributed by atoms with E-state index in [0.29, 0.717) is 36.6 Å². The second-order valence-corrected chi connectivity index (χ2v) is 5.31. The zero-order chi connectivity index (χ0) is 14.4. The maximum absolute atomic E-state index is 5.98. The Balaban J connectivity index is 1.79. The Bertz CT molecular complexity index is 420. The summed E-state index contributed by atoms with van der Waals surface area (Å²) >= 11 is 0. The molecule has 6 nitrogen and oxygen atoms in total. The Labute approximate surface area is 120 Å². The molecule has 1 saturated carbocycles. The van der Waals surface area contributed by atoms with Crippen LogP contribution >= 0.6 is 0 Å². The number of rotatable bonds is 7. The molecule has 0 aliphatic heterocycles. The number of aromatic nitrogens is 2. The van der Waals surface area contributed by atoms with Crippen LogP contribution in [-0.2, 0) is 4.74 Å². The van der Waals surface area contributed by atoms with E-state index in [9.17, 15) is 0 Å². The van der Waals surface area contributed by atoms with Crippen LogP contribution in [-0.4, -0.2) is 35.3 Å². The van der Waals surface area contributed by atoms with Gasteiger partial charge in [-0.25, -0.2) is 4.98 Å². The minimum Gasteiger partial charge on any atom is -0.473 e. The molecule has 0 atom stereocenters. The van der Waals surface area contributed by atoms with E-state index in [1.807, 2.05) is 13.8 Å². The maximum atomic E-state index is 5.98. The molecule has 1 aromatic rings. The first kappa shape index (κ1) is 14.8. The van der Waals surface area contributed by atoms with Crippen molar-refractivity contribution in [3.05, 3.63) is 6.33 Å². The molecule has 0 spiro atoms. The van der Waals surface area contributed by atoms with Crippen LogP contribution in [0.5, 0.6) is 5.88 Å². The molecule has 112 valence electrons. The molecule has 0 bridgehead atoms. The summed E-state index contributed by atoms with van der Waals surface area (Å²) in [7, 11) is 0. The molecule has 1 aliphatic carbocycles. The minimum absolute atomic E-state index is 0.0331. The molecule has 0 amide bonds. The molecule has 6 heteroatoms. The summed E-state index contributed by atoms with van der Waals surface area (Å²) in [5.74, 6) is 1.03. The lowest BCUT2D eigenvalue weighted by atomic mass is 10.3. The van der Waals surface area contributed by atoms with Crippen LogP contribution in [0.25, 0.3) is 0 Å². The number of nitrogens with zero attached hydrogens (tertiary/aromatic N) is 2. The smallest absolute Gasteiger partial charge is 0.242 e. The molecule has 0 saturated heterocycles. The average Bonchev–Trinajstić information content (AvgIpc) is 2.91. The van der Waals surface area contributed by atoms with Gasteiger partial charge in [0.25, 0.3) is 0 Å². The van der Waals surface area contributed by atoms with E-state index in [1.54, 1.807) is 0 Å². The van der Waals surface area contributed by atoms with E-state index in [4.69, 9.17) is 15.2 Å². The van der Waals surface area contributed by atoms with Gasteiger partial charge < -0.3 is 20.5 Å². The number of ether oxygens (including phenoxy) is 2. The summed E-state index contributed by atoms with van der Waals surface area (Å²) < 4.78 is 11.3. The maximum Gasteiger partial charge on any atom is 0.242 e. The van der Waals surface area contributed by atoms with Crippen LogP contribution < -0.4 is 15.8 Å². The summed E-state index contributed by atoms with van der Waals surface area (Å²) in [5, 5.41) is 3.17. The number of hydrogen-bond donors (Lipinski definition) is 2. The highest BCUT2D eigenvalue weighted by atomic mass is 16.5. The second-order valence-electron chi connectivity index (χ2n) is 5.31. The average molecular weight is 280 g/mol. The van der Waals surface area contributed by atoms with Crippen LogP contribution in [0.1, 0.15) is 39.5 Å². The molecule has 1 aliphatic rings. The monoisotopic (exact) mass is 280 g/mol. The summed E-state index contributed by atoms with van der Waals surface area (Å²) in [5.41, 5.74) is 6.43. The van der Waals surface area contributed by atoms with E-state index in [2.05, 4.69) is 15.3 Å². The van der Waals surface area contributed by atoms with Gasteiger partial charge in [0.1, 0.15) is 12.0 Å². The quantitative estimate of drug-likeness (QED) is 0.745. The van der Waals surface area contributed by atoms with Crippen molar-refractivity contribution in [2.24, 2.45) is 0 Å². The van der Waals surface area contributed by atoms with Crippen LogP contribution in [0.4, 0.5) is 11.5 Å². The van der Waals surface area contributed by atoms with Crippen molar-refractivity contribution >= 4 is 11.5 Å². The Morgan fingerprint density at radius 3 is 2.80 bits per heavy atom. The molecule has 0 radical (unpaired) electrons. The van der Waals surface area contributed by atoms with Gasteiger partial charge in [0.05, 0.1) is 18.8 Å². The van der Waals surface area contributed by atoms with Gasteiger partial charge in [-0.15, -0.1) is 0 Å². The topological polar surface area (TPSA) is 82.3 Å². The van der Waals surface area contributed by atoms with Gasteiger partial charge in [-0.2, -0.15) is 4.98 Å². The van der Waals surface area contributed by atoms with Crippen molar-refractivity contribution in [2.45, 2.75) is 51.7 Å². The standard InChI is InChI=1S/C14H24N4O2/c1-10(2)20-14-12(15)13(17-9-18-14)16-7-8-19-11-5-3-4-6-11/h9-11H,3-8,15H2,1-2H3,(H,16,17,18). The number of nitrogens with two attached hydrogens (primary N) is 1. The lowest BCUT2D eigenvalue weighted by molar-refractivity contribution is 0.0658. The van der Waals surface area contributed by atoms with Crippen molar-refractivity contribution in [1.29, 1.82) is 0 Å². The third-order valence-corrected chi connectivity index (χ3v) is 3.24. The predicted molar refractivity (Wildman–Crippen MR) is 78.9 cm³/mol. The zero-order valence-electron chi connectivity index (χ0n) is 12.3. The first-order chi connectivity index (χ1) is 9.66. The SMILES string of the molecule is CC(C)Oc1ncnc(NCCOC2CCCC2)c1N. The molecular formula is C14H24N4O2. The number of anilines is 2. The minimum atomic E-state index is 0.0331. The number of hydrogen-bond acceptors (Lipinski definition) is 6. The lowest BCUT2D eigenvalue weighted by Crippen LogP contribution is -2.17. The highest BCUT2D eigenvalue weighted by Crippen LogP contribution is 2.25. The van der Waals surface area contributed by atoms with Gasteiger partial charge in [-0.3, -0.25) is 0 Å². The molecular weight excluding hydrogens is 256 g/mol. The molecule has 1 fully saturated rings. The van der Waals surface area contributed by atoms with Crippen molar-refractivity contribution in [3.8, 4) is 5.88 Å². The van der Waals surface area contributed by atoms with Gasteiger partial charge in [0.2, 0.25) is 5.88 Å². The van der Waals surface area contributed by atoms with Gasteiger partial charge in [0.15, 0.2) is 5.82 Å². The van der Waals surface area contributed by atoms with E-state index in [0.717, 1.165) is 0 Å². The van der Waals surface area contributed by atoms with Gasteiger partial charge in [0, 0.05) is 6.54 Å². The molecule has 0 unspecified atom stereocenters. The van der Waals surface area contributed by atoms with E-state index in [1.165, 1.54) is 32.0 Å². The molecule has 1 heterocycles. The Kier molecular flexibility index (Phi) is 5.40. The molecule has 20 heavy (non-hydrogen) atoms. The largest absolute Gasteiger partial charge is 0.473 e. The fourth-order valence-corrected chi connectivity index (χ4v) is 2.29. The first-order valence-electron chi connectivity index (χ1n) is 7.29. The third-order valence-electron chi connectivity index (χ3n) is 3.24. The van der Waals surface area contributed by atoms with Gasteiger partial charge >= 0.3 is 0 Å². The van der Waals surface area contributed by atoms with Crippen molar-refractivity contribution in [2.75, 3.05) is 24.2 Å². The predicted octanol–water partition coefficient (Wildman–Crippen LogP) is 2.22. The van der Waals surface area contributed by atoms with Crippen LogP contribution in [0.2, 0.25) is 0 Å². The highest BCUT2D eigenvalue weighted by Gasteiger charge is 2.15.